The third-order valence-electron chi connectivity index (χ3n) is 3.21. The highest BCUT2D eigenvalue weighted by atomic mass is 35.5. The molecule has 1 aromatic rings. The lowest BCUT2D eigenvalue weighted by Crippen LogP contribution is -2.29. The van der Waals surface area contributed by atoms with E-state index in [1.807, 2.05) is 32.9 Å². The van der Waals surface area contributed by atoms with Crippen LogP contribution in [-0.2, 0) is 10.3 Å². The lowest BCUT2D eigenvalue weighted by atomic mass is 9.87. The summed E-state index contributed by atoms with van der Waals surface area (Å²) in [5.41, 5.74) is -0.250. The fraction of sp³-hybridized carbons (Fsp3) is 0.571. The molecule has 1 atom stereocenters. The zero-order chi connectivity index (χ0) is 13.1. The Kier molecular flexibility index (Phi) is 4.59. The summed E-state index contributed by atoms with van der Waals surface area (Å²) < 4.78 is 5.36. The predicted octanol–water partition coefficient (Wildman–Crippen LogP) is 3.75. The van der Waals surface area contributed by atoms with E-state index in [1.54, 1.807) is 19.2 Å². The van der Waals surface area contributed by atoms with Crippen LogP contribution in [0.1, 0.15) is 39.2 Å². The van der Waals surface area contributed by atoms with Crippen molar-refractivity contribution in [2.45, 2.75) is 44.8 Å². The Bertz CT molecular complexity index is 372. The zero-order valence-electron chi connectivity index (χ0n) is 11.0. The van der Waals surface area contributed by atoms with Crippen molar-refractivity contribution in [3.8, 4) is 0 Å². The third kappa shape index (κ3) is 4.30. The molecule has 0 bridgehead atoms. The van der Waals surface area contributed by atoms with Gasteiger partial charge in [-0.05, 0) is 51.3 Å². The van der Waals surface area contributed by atoms with E-state index in [4.69, 9.17) is 16.3 Å². The van der Waals surface area contributed by atoms with Gasteiger partial charge in [-0.15, -0.1) is 0 Å². The highest BCUT2D eigenvalue weighted by Gasteiger charge is 2.27. The molecule has 17 heavy (non-hydrogen) atoms. The van der Waals surface area contributed by atoms with Crippen LogP contribution in [0, 0.1) is 0 Å². The summed E-state index contributed by atoms with van der Waals surface area (Å²) in [5.74, 6) is 0. The van der Waals surface area contributed by atoms with Gasteiger partial charge in [-0.1, -0.05) is 23.7 Å². The van der Waals surface area contributed by atoms with Crippen LogP contribution in [0.2, 0.25) is 5.02 Å². The molecule has 1 rings (SSSR count). The Hall–Kier alpha value is -0.570. The standard InChI is InChI=1S/C14H21ClO2/c1-13(2,17-4)8-9-14(3,16)11-6-5-7-12(15)10-11/h5-7,10,16H,8-9H2,1-4H3. The molecule has 2 nitrogen and oxygen atoms in total. The monoisotopic (exact) mass is 256 g/mol. The van der Waals surface area contributed by atoms with Gasteiger partial charge in [0.2, 0.25) is 0 Å². The quantitative estimate of drug-likeness (QED) is 0.869. The number of hydrogen-bond acceptors (Lipinski definition) is 2. The molecule has 0 spiro atoms. The second-order valence-electron chi connectivity index (χ2n) is 5.25. The van der Waals surface area contributed by atoms with E-state index < -0.39 is 5.60 Å². The molecule has 0 aliphatic rings. The van der Waals surface area contributed by atoms with Crippen molar-refractivity contribution >= 4 is 11.6 Å². The molecule has 0 aliphatic heterocycles. The minimum atomic E-state index is -0.874. The number of aliphatic hydroxyl groups is 1. The van der Waals surface area contributed by atoms with Crippen molar-refractivity contribution in [1.82, 2.24) is 0 Å². The van der Waals surface area contributed by atoms with E-state index in [-0.39, 0.29) is 5.60 Å². The van der Waals surface area contributed by atoms with Gasteiger partial charge in [0.15, 0.2) is 0 Å². The Morgan fingerprint density at radius 3 is 2.41 bits per heavy atom. The Morgan fingerprint density at radius 1 is 1.24 bits per heavy atom. The topological polar surface area (TPSA) is 29.5 Å². The van der Waals surface area contributed by atoms with E-state index >= 15 is 0 Å². The molecule has 0 heterocycles. The molecule has 0 saturated heterocycles. The molecule has 3 heteroatoms. The molecule has 1 N–H and O–H groups in total. The molecule has 0 aliphatic carbocycles. The van der Waals surface area contributed by atoms with Gasteiger partial charge in [0, 0.05) is 12.1 Å². The van der Waals surface area contributed by atoms with E-state index in [1.165, 1.54) is 0 Å². The van der Waals surface area contributed by atoms with Crippen molar-refractivity contribution in [2.24, 2.45) is 0 Å². The van der Waals surface area contributed by atoms with Gasteiger partial charge in [0.1, 0.15) is 0 Å². The number of rotatable bonds is 5. The molecule has 0 fully saturated rings. The summed E-state index contributed by atoms with van der Waals surface area (Å²) in [6.45, 7) is 5.84. The van der Waals surface area contributed by atoms with Gasteiger partial charge >= 0.3 is 0 Å². The van der Waals surface area contributed by atoms with Crippen LogP contribution in [0.15, 0.2) is 24.3 Å². The summed E-state index contributed by atoms with van der Waals surface area (Å²) in [4.78, 5) is 0. The van der Waals surface area contributed by atoms with E-state index in [0.717, 1.165) is 12.0 Å². The molecule has 1 aromatic carbocycles. The van der Waals surface area contributed by atoms with Crippen molar-refractivity contribution in [1.29, 1.82) is 0 Å². The minimum Gasteiger partial charge on any atom is -0.385 e. The van der Waals surface area contributed by atoms with Crippen LogP contribution >= 0.6 is 11.6 Å². The summed E-state index contributed by atoms with van der Waals surface area (Å²) in [6, 6.07) is 7.36. The first-order chi connectivity index (χ1) is 7.77. The smallest absolute Gasteiger partial charge is 0.0870 e. The van der Waals surface area contributed by atoms with Gasteiger partial charge in [-0.3, -0.25) is 0 Å². The highest BCUT2D eigenvalue weighted by molar-refractivity contribution is 6.30. The first-order valence-electron chi connectivity index (χ1n) is 5.80. The average molecular weight is 257 g/mol. The van der Waals surface area contributed by atoms with Gasteiger partial charge in [-0.2, -0.15) is 0 Å². The normalized spacial score (nSPS) is 15.6. The molecule has 96 valence electrons. The number of benzene rings is 1. The van der Waals surface area contributed by atoms with E-state index in [9.17, 15) is 5.11 Å². The fourth-order valence-corrected chi connectivity index (χ4v) is 1.80. The van der Waals surface area contributed by atoms with Crippen molar-refractivity contribution in [3.63, 3.8) is 0 Å². The molecular weight excluding hydrogens is 236 g/mol. The highest BCUT2D eigenvalue weighted by Crippen LogP contribution is 2.30. The Labute approximate surface area is 109 Å². The maximum Gasteiger partial charge on any atom is 0.0870 e. The van der Waals surface area contributed by atoms with Crippen molar-refractivity contribution in [2.75, 3.05) is 7.11 Å². The number of methoxy groups -OCH3 is 1. The maximum absolute atomic E-state index is 10.5. The summed E-state index contributed by atoms with van der Waals surface area (Å²) in [5, 5.41) is 11.1. The van der Waals surface area contributed by atoms with Gasteiger partial charge in [0.05, 0.1) is 11.2 Å². The van der Waals surface area contributed by atoms with Gasteiger partial charge in [0.25, 0.3) is 0 Å². The van der Waals surface area contributed by atoms with Gasteiger partial charge < -0.3 is 9.84 Å². The van der Waals surface area contributed by atoms with Crippen LogP contribution in [0.3, 0.4) is 0 Å². The van der Waals surface area contributed by atoms with E-state index in [2.05, 4.69) is 0 Å². The number of hydrogen-bond donors (Lipinski definition) is 1. The Balaban J connectivity index is 2.75. The minimum absolute atomic E-state index is 0.220. The molecule has 0 amide bonds. The van der Waals surface area contributed by atoms with Crippen molar-refractivity contribution < 1.29 is 9.84 Å². The predicted molar refractivity (Wildman–Crippen MR) is 71.3 cm³/mol. The summed E-state index contributed by atoms with van der Waals surface area (Å²) in [7, 11) is 1.69. The van der Waals surface area contributed by atoms with Crippen LogP contribution in [0.4, 0.5) is 0 Å². The zero-order valence-corrected chi connectivity index (χ0v) is 11.7. The second-order valence-corrected chi connectivity index (χ2v) is 5.68. The maximum atomic E-state index is 10.5. The molecule has 0 radical (unpaired) electrons. The molecular formula is C14H21ClO2. The second kappa shape index (κ2) is 5.38. The first-order valence-corrected chi connectivity index (χ1v) is 6.18. The summed E-state index contributed by atoms with van der Waals surface area (Å²) >= 11 is 5.93. The lowest BCUT2D eigenvalue weighted by molar-refractivity contribution is -0.0211. The Morgan fingerprint density at radius 2 is 1.88 bits per heavy atom. The van der Waals surface area contributed by atoms with Crippen LogP contribution in [-0.4, -0.2) is 17.8 Å². The number of halogens is 1. The van der Waals surface area contributed by atoms with Crippen molar-refractivity contribution in [3.05, 3.63) is 34.9 Å². The van der Waals surface area contributed by atoms with Crippen LogP contribution in [0.5, 0.6) is 0 Å². The third-order valence-corrected chi connectivity index (χ3v) is 3.45. The van der Waals surface area contributed by atoms with Gasteiger partial charge in [-0.25, -0.2) is 0 Å². The number of ether oxygens (including phenoxy) is 1. The summed E-state index contributed by atoms with van der Waals surface area (Å²) in [6.07, 6.45) is 1.41. The SMILES string of the molecule is COC(C)(C)CCC(C)(O)c1cccc(Cl)c1. The van der Waals surface area contributed by atoms with E-state index in [0.29, 0.717) is 11.4 Å². The lowest BCUT2D eigenvalue weighted by Gasteiger charge is -2.29. The molecule has 0 aromatic heterocycles. The largest absolute Gasteiger partial charge is 0.385 e. The average Bonchev–Trinajstić information content (AvgIpc) is 2.27. The molecule has 0 saturated carbocycles. The van der Waals surface area contributed by atoms with Crippen LogP contribution < -0.4 is 0 Å². The molecule has 1 unspecified atom stereocenters. The van der Waals surface area contributed by atoms with Crippen LogP contribution in [0.25, 0.3) is 0 Å². The fourth-order valence-electron chi connectivity index (χ4n) is 1.61. The first kappa shape index (κ1) is 14.5.